The van der Waals surface area contributed by atoms with Crippen molar-refractivity contribution in [1.29, 1.82) is 0 Å². The lowest BCUT2D eigenvalue weighted by atomic mass is 10.1. The molecule has 0 aliphatic carbocycles. The molecule has 8 heteroatoms. The van der Waals surface area contributed by atoms with Crippen LogP contribution in [0.15, 0.2) is 5.16 Å². The van der Waals surface area contributed by atoms with Crippen molar-refractivity contribution in [2.75, 3.05) is 20.6 Å². The minimum atomic E-state index is -1.20. The van der Waals surface area contributed by atoms with Crippen LogP contribution in [0.4, 0.5) is 0 Å². The van der Waals surface area contributed by atoms with Crippen LogP contribution in [0.5, 0.6) is 0 Å². The fourth-order valence-electron chi connectivity index (χ4n) is 1.27. The van der Waals surface area contributed by atoms with Crippen LogP contribution in [0.1, 0.15) is 12.8 Å². The number of aliphatic carboxylic acids is 1. The van der Waals surface area contributed by atoms with E-state index in [2.05, 4.69) is 10.5 Å². The Kier molecular flexibility index (Phi) is 4.64. The largest absolute Gasteiger partial charge is 0.477 e. The summed E-state index contributed by atoms with van der Waals surface area (Å²) in [4.78, 5) is 39.4. The number of amides is 2. The average molecular weight is 257 g/mol. The molecule has 0 aromatic rings. The van der Waals surface area contributed by atoms with Crippen molar-refractivity contribution in [2.24, 2.45) is 5.16 Å². The third-order valence-electron chi connectivity index (χ3n) is 2.35. The number of oxime groups is 1. The Labute approximate surface area is 104 Å². The Morgan fingerprint density at radius 1 is 1.50 bits per heavy atom. The average Bonchev–Trinajstić information content (AvgIpc) is 2.77. The van der Waals surface area contributed by atoms with Gasteiger partial charge in [-0.25, -0.2) is 4.79 Å². The summed E-state index contributed by atoms with van der Waals surface area (Å²) < 4.78 is 0. The van der Waals surface area contributed by atoms with Gasteiger partial charge in [-0.15, -0.1) is 0 Å². The van der Waals surface area contributed by atoms with Gasteiger partial charge < -0.3 is 20.2 Å². The molecule has 2 N–H and O–H groups in total. The van der Waals surface area contributed by atoms with Crippen molar-refractivity contribution in [3.8, 4) is 0 Å². The monoisotopic (exact) mass is 257 g/mol. The first-order chi connectivity index (χ1) is 8.41. The number of rotatable bonds is 5. The Morgan fingerprint density at radius 2 is 2.17 bits per heavy atom. The molecule has 1 aliphatic heterocycles. The van der Waals surface area contributed by atoms with E-state index >= 15 is 0 Å². The van der Waals surface area contributed by atoms with Gasteiger partial charge in [-0.2, -0.15) is 0 Å². The minimum absolute atomic E-state index is 0.0667. The van der Waals surface area contributed by atoms with Gasteiger partial charge in [0.1, 0.15) is 0 Å². The molecule has 0 fully saturated rings. The zero-order valence-corrected chi connectivity index (χ0v) is 10.2. The van der Waals surface area contributed by atoms with Crippen molar-refractivity contribution in [1.82, 2.24) is 10.2 Å². The molecular weight excluding hydrogens is 242 g/mol. The molecule has 0 aromatic heterocycles. The Hall–Kier alpha value is -2.12. The van der Waals surface area contributed by atoms with Crippen molar-refractivity contribution in [3.05, 3.63) is 0 Å². The highest BCUT2D eigenvalue weighted by Crippen LogP contribution is 2.10. The van der Waals surface area contributed by atoms with Gasteiger partial charge in [-0.1, -0.05) is 5.16 Å². The summed E-state index contributed by atoms with van der Waals surface area (Å²) >= 11 is 0. The first-order valence-electron chi connectivity index (χ1n) is 5.35. The normalized spacial score (nSPS) is 17.7. The molecule has 1 rings (SSSR count). The third-order valence-corrected chi connectivity index (χ3v) is 2.35. The van der Waals surface area contributed by atoms with Gasteiger partial charge in [-0.3, -0.25) is 9.59 Å². The fraction of sp³-hybridized carbons (Fsp3) is 0.600. The quantitative estimate of drug-likeness (QED) is 0.643. The molecular formula is C10H15N3O5. The lowest BCUT2D eigenvalue weighted by Crippen LogP contribution is -2.37. The van der Waals surface area contributed by atoms with Crippen molar-refractivity contribution in [2.45, 2.75) is 18.9 Å². The van der Waals surface area contributed by atoms with Gasteiger partial charge in [-0.05, 0) is 0 Å². The van der Waals surface area contributed by atoms with E-state index in [1.165, 1.54) is 4.90 Å². The van der Waals surface area contributed by atoms with Gasteiger partial charge in [0.25, 0.3) is 5.91 Å². The fourth-order valence-corrected chi connectivity index (χ4v) is 1.27. The van der Waals surface area contributed by atoms with Crippen molar-refractivity contribution in [3.63, 3.8) is 0 Å². The molecule has 0 spiro atoms. The summed E-state index contributed by atoms with van der Waals surface area (Å²) in [6, 6.07) is 0. The number of hydrogen-bond donors (Lipinski definition) is 2. The van der Waals surface area contributed by atoms with Gasteiger partial charge in [0.05, 0.1) is 0 Å². The van der Waals surface area contributed by atoms with Crippen LogP contribution in [-0.2, 0) is 19.2 Å². The number of carboxylic acids is 1. The standard InChI is InChI=1S/C10H15N3O5/c1-13(2)8(14)3-4-11-9(15)7-5-6(10(16)17)12-18-7/h7H,3-5H2,1-2H3,(H,11,15)(H,16,17). The molecule has 8 nitrogen and oxygen atoms in total. The van der Waals surface area contributed by atoms with Crippen LogP contribution in [0.3, 0.4) is 0 Å². The zero-order chi connectivity index (χ0) is 13.7. The lowest BCUT2D eigenvalue weighted by molar-refractivity contribution is -0.132. The predicted molar refractivity (Wildman–Crippen MR) is 60.9 cm³/mol. The summed E-state index contributed by atoms with van der Waals surface area (Å²) in [6.45, 7) is 0.179. The summed E-state index contributed by atoms with van der Waals surface area (Å²) in [6.07, 6.45) is -0.813. The smallest absolute Gasteiger partial charge is 0.353 e. The summed E-state index contributed by atoms with van der Waals surface area (Å²) in [7, 11) is 3.24. The summed E-state index contributed by atoms with van der Waals surface area (Å²) in [5, 5.41) is 14.4. The molecule has 1 heterocycles. The second-order valence-corrected chi connectivity index (χ2v) is 3.97. The number of nitrogens with one attached hydrogen (secondary N) is 1. The van der Waals surface area contributed by atoms with Crippen LogP contribution in [0.25, 0.3) is 0 Å². The van der Waals surface area contributed by atoms with Gasteiger partial charge in [0.2, 0.25) is 12.0 Å². The first-order valence-corrected chi connectivity index (χ1v) is 5.35. The second-order valence-electron chi connectivity index (χ2n) is 3.97. The van der Waals surface area contributed by atoms with E-state index in [0.29, 0.717) is 0 Å². The Balaban J connectivity index is 2.28. The van der Waals surface area contributed by atoms with Crippen LogP contribution in [-0.4, -0.2) is 60.2 Å². The second kappa shape index (κ2) is 5.99. The van der Waals surface area contributed by atoms with Crippen molar-refractivity contribution < 1.29 is 24.3 Å². The van der Waals surface area contributed by atoms with E-state index in [-0.39, 0.29) is 31.0 Å². The van der Waals surface area contributed by atoms with E-state index in [1.807, 2.05) is 0 Å². The summed E-state index contributed by atoms with van der Waals surface area (Å²) in [5.41, 5.74) is -0.181. The van der Waals surface area contributed by atoms with E-state index in [1.54, 1.807) is 14.1 Å². The predicted octanol–water partition coefficient (Wildman–Crippen LogP) is -1.19. The van der Waals surface area contributed by atoms with E-state index in [0.717, 1.165) is 0 Å². The van der Waals surface area contributed by atoms with Gasteiger partial charge >= 0.3 is 5.97 Å². The molecule has 2 amide bonds. The Morgan fingerprint density at radius 3 is 2.67 bits per heavy atom. The molecule has 0 saturated carbocycles. The highest BCUT2D eigenvalue weighted by Gasteiger charge is 2.31. The Bertz CT molecular complexity index is 391. The molecule has 0 saturated heterocycles. The maximum Gasteiger partial charge on any atom is 0.353 e. The van der Waals surface area contributed by atoms with Gasteiger partial charge in [0.15, 0.2) is 5.71 Å². The molecule has 0 aromatic carbocycles. The maximum atomic E-state index is 11.5. The van der Waals surface area contributed by atoms with Crippen LogP contribution >= 0.6 is 0 Å². The van der Waals surface area contributed by atoms with E-state index in [4.69, 9.17) is 9.94 Å². The van der Waals surface area contributed by atoms with Crippen LogP contribution in [0.2, 0.25) is 0 Å². The number of carbonyl (C=O) groups excluding carboxylic acids is 2. The number of carboxylic acid groups (broad SMARTS) is 1. The first kappa shape index (κ1) is 13.9. The highest BCUT2D eigenvalue weighted by molar-refractivity contribution is 6.36. The van der Waals surface area contributed by atoms with Crippen LogP contribution in [0, 0.1) is 0 Å². The molecule has 100 valence electrons. The number of carbonyl (C=O) groups is 3. The molecule has 0 radical (unpaired) electrons. The number of hydrogen-bond acceptors (Lipinski definition) is 5. The summed E-state index contributed by atoms with van der Waals surface area (Å²) in [5.74, 6) is -1.78. The zero-order valence-electron chi connectivity index (χ0n) is 10.2. The SMILES string of the molecule is CN(C)C(=O)CCNC(=O)C1CC(C(=O)O)=NO1. The molecule has 1 aliphatic rings. The maximum absolute atomic E-state index is 11.5. The third kappa shape index (κ3) is 3.72. The molecule has 1 atom stereocenters. The van der Waals surface area contributed by atoms with Gasteiger partial charge in [0, 0.05) is 33.5 Å². The molecule has 0 bridgehead atoms. The highest BCUT2D eigenvalue weighted by atomic mass is 16.6. The minimum Gasteiger partial charge on any atom is -0.477 e. The lowest BCUT2D eigenvalue weighted by Gasteiger charge is -2.12. The van der Waals surface area contributed by atoms with Crippen molar-refractivity contribution >= 4 is 23.5 Å². The molecule has 18 heavy (non-hydrogen) atoms. The molecule has 1 unspecified atom stereocenters. The topological polar surface area (TPSA) is 108 Å². The van der Waals surface area contributed by atoms with Crippen LogP contribution < -0.4 is 5.32 Å². The van der Waals surface area contributed by atoms with E-state index in [9.17, 15) is 14.4 Å². The van der Waals surface area contributed by atoms with E-state index < -0.39 is 18.0 Å². The number of nitrogens with zero attached hydrogens (tertiary/aromatic N) is 2.